The van der Waals surface area contributed by atoms with E-state index in [9.17, 15) is 0 Å². The van der Waals surface area contributed by atoms with Gasteiger partial charge in [0.25, 0.3) is 0 Å². The van der Waals surface area contributed by atoms with Crippen molar-refractivity contribution in [1.29, 1.82) is 0 Å². The fourth-order valence-electron chi connectivity index (χ4n) is 1.08. The second-order valence-corrected chi connectivity index (χ2v) is 2.61. The van der Waals surface area contributed by atoms with Crippen molar-refractivity contribution < 1.29 is 25.2 Å². The molecule has 1 fully saturated rings. The molecular formula is C6H12O5. The smallest absolute Gasteiger partial charge is 0.157 e. The van der Waals surface area contributed by atoms with Gasteiger partial charge in [-0.1, -0.05) is 0 Å². The molecule has 5 heteroatoms. The SMILES string of the molecule is OCC1O[C@H](O)CC(O)[C@@H]1O. The van der Waals surface area contributed by atoms with E-state index in [1.165, 1.54) is 0 Å². The Morgan fingerprint density at radius 3 is 2.45 bits per heavy atom. The van der Waals surface area contributed by atoms with Crippen LogP contribution in [0.1, 0.15) is 6.42 Å². The first-order valence-electron chi connectivity index (χ1n) is 3.45. The van der Waals surface area contributed by atoms with E-state index in [-0.39, 0.29) is 6.42 Å². The van der Waals surface area contributed by atoms with Gasteiger partial charge in [0, 0.05) is 6.42 Å². The first-order valence-corrected chi connectivity index (χ1v) is 3.45. The zero-order valence-electron chi connectivity index (χ0n) is 5.92. The second-order valence-electron chi connectivity index (χ2n) is 2.61. The van der Waals surface area contributed by atoms with Crippen LogP contribution in [0.2, 0.25) is 0 Å². The topological polar surface area (TPSA) is 90.2 Å². The van der Waals surface area contributed by atoms with Crippen LogP contribution in [0.4, 0.5) is 0 Å². The summed E-state index contributed by atoms with van der Waals surface area (Å²) in [5, 5.41) is 35.6. The summed E-state index contributed by atoms with van der Waals surface area (Å²) >= 11 is 0. The summed E-state index contributed by atoms with van der Waals surface area (Å²) in [4.78, 5) is 0. The molecule has 0 saturated carbocycles. The number of ether oxygens (including phenoxy) is 1. The van der Waals surface area contributed by atoms with Crippen molar-refractivity contribution in [3.8, 4) is 0 Å². The summed E-state index contributed by atoms with van der Waals surface area (Å²) in [6, 6.07) is 0. The van der Waals surface area contributed by atoms with E-state index in [1.54, 1.807) is 0 Å². The van der Waals surface area contributed by atoms with E-state index in [2.05, 4.69) is 0 Å². The molecule has 0 bridgehead atoms. The highest BCUT2D eigenvalue weighted by atomic mass is 16.6. The normalized spacial score (nSPS) is 45.8. The van der Waals surface area contributed by atoms with E-state index in [0.29, 0.717) is 0 Å². The molecular weight excluding hydrogens is 152 g/mol. The van der Waals surface area contributed by atoms with Crippen molar-refractivity contribution in [3.05, 3.63) is 0 Å². The van der Waals surface area contributed by atoms with Crippen LogP contribution in [0.15, 0.2) is 0 Å². The first-order chi connectivity index (χ1) is 5.15. The van der Waals surface area contributed by atoms with Crippen LogP contribution in [-0.4, -0.2) is 51.6 Å². The van der Waals surface area contributed by atoms with Crippen LogP contribution < -0.4 is 0 Å². The van der Waals surface area contributed by atoms with Crippen LogP contribution in [-0.2, 0) is 4.74 Å². The van der Waals surface area contributed by atoms with E-state index < -0.39 is 31.2 Å². The second kappa shape index (κ2) is 3.46. The van der Waals surface area contributed by atoms with Crippen LogP contribution in [0.25, 0.3) is 0 Å². The van der Waals surface area contributed by atoms with Gasteiger partial charge in [-0.2, -0.15) is 0 Å². The van der Waals surface area contributed by atoms with Gasteiger partial charge >= 0.3 is 0 Å². The van der Waals surface area contributed by atoms with Gasteiger partial charge in [-0.15, -0.1) is 0 Å². The zero-order valence-corrected chi connectivity index (χ0v) is 5.92. The molecule has 0 amide bonds. The summed E-state index contributed by atoms with van der Waals surface area (Å²) in [6.07, 6.45) is -4.11. The number of rotatable bonds is 1. The third-order valence-corrected chi connectivity index (χ3v) is 1.73. The molecule has 4 atom stereocenters. The van der Waals surface area contributed by atoms with Crippen molar-refractivity contribution in [2.45, 2.75) is 31.0 Å². The molecule has 0 aromatic carbocycles. The molecule has 1 aliphatic heterocycles. The fraction of sp³-hybridized carbons (Fsp3) is 1.00. The molecule has 0 spiro atoms. The first kappa shape index (κ1) is 8.89. The lowest BCUT2D eigenvalue weighted by atomic mass is 10.0. The van der Waals surface area contributed by atoms with Crippen molar-refractivity contribution in [2.75, 3.05) is 6.61 Å². The lowest BCUT2D eigenvalue weighted by Crippen LogP contribution is -2.49. The molecule has 66 valence electrons. The molecule has 2 unspecified atom stereocenters. The standard InChI is InChI=1S/C6H12O5/c7-2-4-6(10)3(8)1-5(9)11-4/h3-10H,1-2H2/t3?,4?,5-,6-/m0/s1. The van der Waals surface area contributed by atoms with Gasteiger partial charge in [-0.3, -0.25) is 0 Å². The summed E-state index contributed by atoms with van der Waals surface area (Å²) in [7, 11) is 0. The average Bonchev–Trinajstić information content (AvgIpc) is 1.96. The summed E-state index contributed by atoms with van der Waals surface area (Å²) < 4.78 is 4.71. The number of hydrogen-bond donors (Lipinski definition) is 4. The van der Waals surface area contributed by atoms with Gasteiger partial charge in [-0.25, -0.2) is 0 Å². The lowest BCUT2D eigenvalue weighted by Gasteiger charge is -2.33. The van der Waals surface area contributed by atoms with Gasteiger partial charge in [0.2, 0.25) is 0 Å². The fourth-order valence-corrected chi connectivity index (χ4v) is 1.08. The van der Waals surface area contributed by atoms with Crippen molar-refractivity contribution in [3.63, 3.8) is 0 Å². The average molecular weight is 164 g/mol. The number of aliphatic hydroxyl groups is 4. The molecule has 11 heavy (non-hydrogen) atoms. The monoisotopic (exact) mass is 164 g/mol. The summed E-state index contributed by atoms with van der Waals surface area (Å²) in [5.74, 6) is 0. The minimum Gasteiger partial charge on any atom is -0.394 e. The Hall–Kier alpha value is -0.200. The molecule has 0 aromatic heterocycles. The van der Waals surface area contributed by atoms with Gasteiger partial charge in [0.15, 0.2) is 6.29 Å². The maximum atomic E-state index is 9.11. The Bertz CT molecular complexity index is 128. The Morgan fingerprint density at radius 1 is 1.27 bits per heavy atom. The minimum atomic E-state index is -1.11. The van der Waals surface area contributed by atoms with Crippen molar-refractivity contribution in [2.24, 2.45) is 0 Å². The molecule has 1 aliphatic rings. The number of hydrogen-bond acceptors (Lipinski definition) is 5. The molecule has 5 nitrogen and oxygen atoms in total. The van der Waals surface area contributed by atoms with Crippen LogP contribution in [0, 0.1) is 0 Å². The summed E-state index contributed by atoms with van der Waals surface area (Å²) in [5.41, 5.74) is 0. The molecule has 0 aliphatic carbocycles. The van der Waals surface area contributed by atoms with Gasteiger partial charge in [0.1, 0.15) is 12.2 Å². The van der Waals surface area contributed by atoms with Crippen LogP contribution in [0.3, 0.4) is 0 Å². The summed E-state index contributed by atoms with van der Waals surface area (Å²) in [6.45, 7) is -0.407. The highest BCUT2D eigenvalue weighted by molar-refractivity contribution is 4.81. The molecule has 0 radical (unpaired) electrons. The molecule has 1 saturated heterocycles. The van der Waals surface area contributed by atoms with E-state index in [4.69, 9.17) is 25.2 Å². The maximum Gasteiger partial charge on any atom is 0.157 e. The van der Waals surface area contributed by atoms with E-state index >= 15 is 0 Å². The van der Waals surface area contributed by atoms with Gasteiger partial charge in [0.05, 0.1) is 12.7 Å². The quantitative estimate of drug-likeness (QED) is 0.353. The van der Waals surface area contributed by atoms with Crippen LogP contribution in [0.5, 0.6) is 0 Å². The van der Waals surface area contributed by atoms with Gasteiger partial charge in [-0.05, 0) is 0 Å². The third-order valence-electron chi connectivity index (χ3n) is 1.73. The largest absolute Gasteiger partial charge is 0.394 e. The van der Waals surface area contributed by atoms with Crippen molar-refractivity contribution in [1.82, 2.24) is 0 Å². The molecule has 4 N–H and O–H groups in total. The van der Waals surface area contributed by atoms with Crippen molar-refractivity contribution >= 4 is 0 Å². The Balaban J connectivity index is 2.51. The minimum absolute atomic E-state index is 0.0162. The van der Waals surface area contributed by atoms with Crippen LogP contribution >= 0.6 is 0 Å². The molecule has 0 aromatic rings. The lowest BCUT2D eigenvalue weighted by molar-refractivity contribution is -0.239. The van der Waals surface area contributed by atoms with Gasteiger partial charge < -0.3 is 25.2 Å². The Morgan fingerprint density at radius 2 is 1.91 bits per heavy atom. The predicted octanol–water partition coefficient (Wildman–Crippen LogP) is -2.19. The highest BCUT2D eigenvalue weighted by Crippen LogP contribution is 2.18. The third kappa shape index (κ3) is 1.88. The zero-order chi connectivity index (χ0) is 8.43. The van der Waals surface area contributed by atoms with E-state index in [1.807, 2.05) is 0 Å². The Kier molecular flexibility index (Phi) is 2.80. The predicted molar refractivity (Wildman–Crippen MR) is 34.6 cm³/mol. The van der Waals surface area contributed by atoms with E-state index in [0.717, 1.165) is 0 Å². The Labute approximate surface area is 63.8 Å². The molecule has 1 rings (SSSR count). The number of aliphatic hydroxyl groups excluding tert-OH is 4. The maximum absolute atomic E-state index is 9.11. The molecule has 1 heterocycles. The highest BCUT2D eigenvalue weighted by Gasteiger charge is 2.35.